The van der Waals surface area contributed by atoms with Crippen LogP contribution in [0.3, 0.4) is 0 Å². The molecule has 0 saturated heterocycles. The van der Waals surface area contributed by atoms with Crippen molar-refractivity contribution >= 4 is 0 Å². The van der Waals surface area contributed by atoms with Crippen LogP contribution in [0.1, 0.15) is 39.1 Å². The molecule has 0 aliphatic rings. The van der Waals surface area contributed by atoms with Crippen molar-refractivity contribution in [3.8, 4) is 11.3 Å². The molecule has 0 amide bonds. The molecular formula is C19H26N+. The lowest BCUT2D eigenvalue weighted by Gasteiger charge is -2.15. The van der Waals surface area contributed by atoms with E-state index in [1.807, 2.05) is 0 Å². The molecule has 2 aromatic rings. The van der Waals surface area contributed by atoms with E-state index in [1.165, 1.54) is 50.3 Å². The van der Waals surface area contributed by atoms with E-state index in [0.29, 0.717) is 0 Å². The molecular weight excluding hydrogens is 242 g/mol. The van der Waals surface area contributed by atoms with Crippen molar-refractivity contribution in [2.45, 2.75) is 48.5 Å². The summed E-state index contributed by atoms with van der Waals surface area (Å²) in [6, 6.07) is 4.65. The minimum Gasteiger partial charge on any atom is -0.198 e. The van der Waals surface area contributed by atoms with Gasteiger partial charge >= 0.3 is 0 Å². The van der Waals surface area contributed by atoms with E-state index in [9.17, 15) is 0 Å². The van der Waals surface area contributed by atoms with Gasteiger partial charge in [0.2, 0.25) is 5.69 Å². The van der Waals surface area contributed by atoms with Gasteiger partial charge < -0.3 is 0 Å². The Labute approximate surface area is 123 Å². The van der Waals surface area contributed by atoms with Crippen molar-refractivity contribution in [3.05, 3.63) is 51.2 Å². The summed E-state index contributed by atoms with van der Waals surface area (Å²) in [5.41, 5.74) is 12.4. The van der Waals surface area contributed by atoms with Crippen LogP contribution < -0.4 is 4.57 Å². The van der Waals surface area contributed by atoms with Gasteiger partial charge in [-0.3, -0.25) is 0 Å². The molecule has 0 radical (unpaired) electrons. The molecule has 0 unspecified atom stereocenters. The zero-order valence-corrected chi connectivity index (χ0v) is 14.1. The number of aromatic nitrogens is 1. The smallest absolute Gasteiger partial charge is 0.198 e. The van der Waals surface area contributed by atoms with E-state index in [2.05, 4.69) is 72.2 Å². The molecule has 2 rings (SSSR count). The first-order valence-electron chi connectivity index (χ1n) is 7.30. The first kappa shape index (κ1) is 14.8. The monoisotopic (exact) mass is 268 g/mol. The summed E-state index contributed by atoms with van der Waals surface area (Å²) in [6.07, 6.45) is 0. The number of rotatable bonds is 1. The van der Waals surface area contributed by atoms with E-state index in [4.69, 9.17) is 0 Å². The number of nitrogens with zero attached hydrogens (tertiary/aromatic N) is 1. The zero-order valence-electron chi connectivity index (χ0n) is 14.1. The minimum absolute atomic E-state index is 1.31. The summed E-state index contributed by atoms with van der Waals surface area (Å²) >= 11 is 0. The van der Waals surface area contributed by atoms with Crippen LogP contribution in [0.2, 0.25) is 0 Å². The third-order valence-electron chi connectivity index (χ3n) is 5.11. The van der Waals surface area contributed by atoms with Crippen molar-refractivity contribution < 1.29 is 4.57 Å². The fourth-order valence-electron chi connectivity index (χ4n) is 2.86. The van der Waals surface area contributed by atoms with Crippen LogP contribution in [0.5, 0.6) is 0 Å². The second-order valence-electron chi connectivity index (χ2n) is 6.10. The minimum atomic E-state index is 1.31. The van der Waals surface area contributed by atoms with Crippen LogP contribution in [0.25, 0.3) is 11.3 Å². The highest BCUT2D eigenvalue weighted by Gasteiger charge is 2.20. The zero-order chi connectivity index (χ0) is 15.2. The molecule has 0 fully saturated rings. The highest BCUT2D eigenvalue weighted by molar-refractivity contribution is 5.66. The van der Waals surface area contributed by atoms with E-state index in [0.717, 1.165) is 0 Å². The Morgan fingerprint density at radius 2 is 1.20 bits per heavy atom. The van der Waals surface area contributed by atoms with E-state index in [1.54, 1.807) is 0 Å². The van der Waals surface area contributed by atoms with Crippen LogP contribution in [-0.4, -0.2) is 0 Å². The van der Waals surface area contributed by atoms with Crippen LogP contribution in [0.15, 0.2) is 12.1 Å². The lowest BCUT2D eigenvalue weighted by Crippen LogP contribution is -2.36. The third kappa shape index (κ3) is 2.15. The van der Waals surface area contributed by atoms with Gasteiger partial charge in [0.1, 0.15) is 7.05 Å². The van der Waals surface area contributed by atoms with Gasteiger partial charge in [-0.1, -0.05) is 0 Å². The second-order valence-corrected chi connectivity index (χ2v) is 6.10. The van der Waals surface area contributed by atoms with Gasteiger partial charge in [0.05, 0.1) is 0 Å². The molecule has 1 heterocycles. The predicted molar refractivity (Wildman–Crippen MR) is 86.2 cm³/mol. The molecule has 20 heavy (non-hydrogen) atoms. The molecule has 1 aromatic carbocycles. The van der Waals surface area contributed by atoms with Gasteiger partial charge in [-0.15, -0.1) is 0 Å². The fraction of sp³-hybridized carbons (Fsp3) is 0.421. The molecule has 0 spiro atoms. The highest BCUT2D eigenvalue weighted by Crippen LogP contribution is 2.29. The number of benzene rings is 1. The summed E-state index contributed by atoms with van der Waals surface area (Å²) in [6.45, 7) is 15.5. The molecule has 0 saturated carbocycles. The Morgan fingerprint density at radius 1 is 0.650 bits per heavy atom. The van der Waals surface area contributed by atoms with E-state index >= 15 is 0 Å². The Balaban J connectivity index is 2.83. The summed E-state index contributed by atoms with van der Waals surface area (Å²) in [5.74, 6) is 0. The summed E-state index contributed by atoms with van der Waals surface area (Å²) < 4.78 is 2.32. The maximum absolute atomic E-state index is 2.33. The summed E-state index contributed by atoms with van der Waals surface area (Å²) in [7, 11) is 2.17. The van der Waals surface area contributed by atoms with Crippen molar-refractivity contribution in [1.82, 2.24) is 0 Å². The molecule has 1 heteroatoms. The summed E-state index contributed by atoms with van der Waals surface area (Å²) in [4.78, 5) is 0. The van der Waals surface area contributed by atoms with Gasteiger partial charge in [0.15, 0.2) is 5.69 Å². The molecule has 0 atom stereocenters. The molecule has 0 aliphatic heterocycles. The molecule has 0 aliphatic carbocycles. The van der Waals surface area contributed by atoms with Crippen LogP contribution >= 0.6 is 0 Å². The van der Waals surface area contributed by atoms with Gasteiger partial charge in [0.25, 0.3) is 0 Å². The first-order chi connectivity index (χ1) is 9.25. The van der Waals surface area contributed by atoms with Crippen molar-refractivity contribution in [1.29, 1.82) is 0 Å². The third-order valence-corrected chi connectivity index (χ3v) is 5.11. The highest BCUT2D eigenvalue weighted by atomic mass is 14.9. The lowest BCUT2D eigenvalue weighted by atomic mass is 9.92. The topological polar surface area (TPSA) is 3.88 Å². The van der Waals surface area contributed by atoms with Crippen molar-refractivity contribution in [2.75, 3.05) is 0 Å². The SMILES string of the molecule is Cc1cc(-c2cc(C)c(C)c(C)[n+]2C)c(C)c(C)c1C. The van der Waals surface area contributed by atoms with Crippen molar-refractivity contribution in [2.24, 2.45) is 7.05 Å². The van der Waals surface area contributed by atoms with Crippen LogP contribution in [0, 0.1) is 48.5 Å². The lowest BCUT2D eigenvalue weighted by molar-refractivity contribution is -0.667. The number of hydrogen-bond donors (Lipinski definition) is 0. The van der Waals surface area contributed by atoms with Gasteiger partial charge in [0, 0.05) is 24.1 Å². The standard InChI is InChI=1S/C19H26N/c1-11-9-18(16(6)15(5)13(11)3)19-10-12(2)14(4)17(7)20(19)8/h9-10H,1-8H3/q+1. The predicted octanol–water partition coefficient (Wildman–Crippen LogP) is 4.34. The van der Waals surface area contributed by atoms with Gasteiger partial charge in [-0.25, -0.2) is 0 Å². The maximum atomic E-state index is 2.33. The normalized spacial score (nSPS) is 11.0. The average molecular weight is 268 g/mol. The molecule has 0 bridgehead atoms. The summed E-state index contributed by atoms with van der Waals surface area (Å²) in [5, 5.41) is 0. The van der Waals surface area contributed by atoms with E-state index < -0.39 is 0 Å². The Morgan fingerprint density at radius 3 is 1.80 bits per heavy atom. The number of hydrogen-bond acceptors (Lipinski definition) is 0. The van der Waals surface area contributed by atoms with Crippen LogP contribution in [0.4, 0.5) is 0 Å². The van der Waals surface area contributed by atoms with Crippen LogP contribution in [-0.2, 0) is 7.05 Å². The van der Waals surface area contributed by atoms with Gasteiger partial charge in [-0.2, -0.15) is 4.57 Å². The second kappa shape index (κ2) is 5.05. The first-order valence-corrected chi connectivity index (χ1v) is 7.30. The molecule has 106 valence electrons. The number of pyridine rings is 1. The van der Waals surface area contributed by atoms with Gasteiger partial charge in [-0.05, 0) is 75.4 Å². The largest absolute Gasteiger partial charge is 0.213 e. The van der Waals surface area contributed by atoms with E-state index in [-0.39, 0.29) is 0 Å². The quantitative estimate of drug-likeness (QED) is 0.678. The Bertz CT molecular complexity index is 632. The molecule has 1 aromatic heterocycles. The Kier molecular flexibility index (Phi) is 3.73. The molecule has 1 nitrogen and oxygen atoms in total. The Hall–Kier alpha value is -1.63. The maximum Gasteiger partial charge on any atom is 0.213 e. The van der Waals surface area contributed by atoms with Crippen molar-refractivity contribution in [3.63, 3.8) is 0 Å². The average Bonchev–Trinajstić information content (AvgIpc) is 2.42. The fourth-order valence-corrected chi connectivity index (χ4v) is 2.86. The molecule has 0 N–H and O–H groups in total. The number of aryl methyl sites for hydroxylation is 2.